The van der Waals surface area contributed by atoms with Crippen LogP contribution in [0.5, 0.6) is 5.75 Å². The standard InChI is InChI=1S/C25H28N2O3/c1-3-4-5-6-7-8-12-16-22-23(30-19(2)28)21-17-13-18-26-24(21)27(25(22)29)20-14-10-9-11-15-20/h3,9-11,13-15,17-18H,1,4-8,12,16H2,2H3. The Balaban J connectivity index is 2.01. The van der Waals surface area contributed by atoms with E-state index in [1.807, 2.05) is 42.5 Å². The van der Waals surface area contributed by atoms with Crippen molar-refractivity contribution in [3.8, 4) is 11.4 Å². The van der Waals surface area contributed by atoms with Crippen LogP contribution in [-0.2, 0) is 11.2 Å². The number of hydrogen-bond acceptors (Lipinski definition) is 4. The van der Waals surface area contributed by atoms with E-state index in [1.54, 1.807) is 16.8 Å². The average molecular weight is 405 g/mol. The number of rotatable bonds is 10. The molecule has 0 radical (unpaired) electrons. The number of esters is 1. The van der Waals surface area contributed by atoms with Crippen LogP contribution in [0.1, 0.15) is 51.0 Å². The second-order valence-electron chi connectivity index (χ2n) is 7.35. The third kappa shape index (κ3) is 5.03. The normalized spacial score (nSPS) is 10.8. The number of aromatic nitrogens is 2. The first-order valence-corrected chi connectivity index (χ1v) is 10.5. The van der Waals surface area contributed by atoms with Crippen molar-refractivity contribution in [1.29, 1.82) is 0 Å². The Morgan fingerprint density at radius 2 is 1.80 bits per heavy atom. The van der Waals surface area contributed by atoms with E-state index in [-0.39, 0.29) is 5.56 Å². The zero-order chi connectivity index (χ0) is 21.3. The lowest BCUT2D eigenvalue weighted by Crippen LogP contribution is -2.25. The number of ether oxygens (including phenoxy) is 1. The van der Waals surface area contributed by atoms with Gasteiger partial charge in [-0.3, -0.25) is 14.2 Å². The van der Waals surface area contributed by atoms with Crippen molar-refractivity contribution in [2.75, 3.05) is 0 Å². The first-order chi connectivity index (χ1) is 14.6. The Morgan fingerprint density at radius 3 is 2.53 bits per heavy atom. The molecule has 0 atom stereocenters. The fraction of sp³-hybridized carbons (Fsp3) is 0.320. The molecule has 0 aliphatic carbocycles. The molecular formula is C25H28N2O3. The average Bonchev–Trinajstić information content (AvgIpc) is 2.75. The number of unbranched alkanes of at least 4 members (excludes halogenated alkanes) is 5. The first kappa shape index (κ1) is 21.5. The summed E-state index contributed by atoms with van der Waals surface area (Å²) in [5.74, 6) is -0.0999. The number of pyridine rings is 2. The van der Waals surface area contributed by atoms with Crippen LogP contribution in [0, 0.1) is 0 Å². The van der Waals surface area contributed by atoms with Gasteiger partial charge in [0.1, 0.15) is 0 Å². The number of hydrogen-bond donors (Lipinski definition) is 0. The fourth-order valence-electron chi connectivity index (χ4n) is 3.66. The quantitative estimate of drug-likeness (QED) is 0.259. The van der Waals surface area contributed by atoms with Crippen LogP contribution < -0.4 is 10.3 Å². The van der Waals surface area contributed by atoms with E-state index in [9.17, 15) is 9.59 Å². The minimum atomic E-state index is -0.442. The number of allylic oxidation sites excluding steroid dienone is 1. The molecule has 0 amide bonds. The topological polar surface area (TPSA) is 61.2 Å². The highest BCUT2D eigenvalue weighted by Gasteiger charge is 2.20. The molecule has 0 aliphatic heterocycles. The Bertz CT molecular complexity index is 1070. The van der Waals surface area contributed by atoms with Gasteiger partial charge in [0.2, 0.25) is 0 Å². The summed E-state index contributed by atoms with van der Waals surface area (Å²) in [7, 11) is 0. The van der Waals surface area contributed by atoms with Crippen LogP contribution in [0.4, 0.5) is 0 Å². The van der Waals surface area contributed by atoms with Crippen LogP contribution in [0.25, 0.3) is 16.7 Å². The van der Waals surface area contributed by atoms with Gasteiger partial charge in [0, 0.05) is 13.1 Å². The van der Waals surface area contributed by atoms with Crippen LogP contribution in [-0.4, -0.2) is 15.5 Å². The monoisotopic (exact) mass is 404 g/mol. The van der Waals surface area contributed by atoms with E-state index in [4.69, 9.17) is 4.74 Å². The molecule has 0 spiro atoms. The minimum Gasteiger partial charge on any atom is -0.425 e. The molecule has 0 aliphatic rings. The van der Waals surface area contributed by atoms with Gasteiger partial charge in [0.15, 0.2) is 11.4 Å². The molecule has 156 valence electrons. The smallest absolute Gasteiger partial charge is 0.308 e. The molecule has 0 saturated heterocycles. The molecule has 30 heavy (non-hydrogen) atoms. The number of carbonyl (C=O) groups is 1. The summed E-state index contributed by atoms with van der Waals surface area (Å²) in [5.41, 5.74) is 1.57. The van der Waals surface area contributed by atoms with E-state index in [2.05, 4.69) is 11.6 Å². The summed E-state index contributed by atoms with van der Waals surface area (Å²) < 4.78 is 7.15. The van der Waals surface area contributed by atoms with E-state index in [0.717, 1.165) is 44.2 Å². The fourth-order valence-corrected chi connectivity index (χ4v) is 3.66. The van der Waals surface area contributed by atoms with Crippen LogP contribution >= 0.6 is 0 Å². The van der Waals surface area contributed by atoms with Crippen molar-refractivity contribution in [2.45, 2.75) is 51.9 Å². The van der Waals surface area contributed by atoms with E-state index in [1.165, 1.54) is 6.92 Å². The summed E-state index contributed by atoms with van der Waals surface area (Å²) in [6.45, 7) is 5.11. The zero-order valence-corrected chi connectivity index (χ0v) is 17.5. The lowest BCUT2D eigenvalue weighted by molar-refractivity contribution is -0.131. The van der Waals surface area contributed by atoms with Crippen LogP contribution in [0.3, 0.4) is 0 Å². The number of carbonyl (C=O) groups excluding carboxylic acids is 1. The summed E-state index contributed by atoms with van der Waals surface area (Å²) in [5, 5.41) is 0.664. The van der Waals surface area contributed by atoms with E-state index >= 15 is 0 Å². The molecule has 0 bridgehead atoms. The van der Waals surface area contributed by atoms with Crippen molar-refractivity contribution < 1.29 is 9.53 Å². The van der Waals surface area contributed by atoms with E-state index in [0.29, 0.717) is 28.8 Å². The molecule has 2 heterocycles. The number of benzene rings is 1. The third-order valence-electron chi connectivity index (χ3n) is 5.07. The van der Waals surface area contributed by atoms with Gasteiger partial charge in [-0.15, -0.1) is 6.58 Å². The second-order valence-corrected chi connectivity index (χ2v) is 7.35. The third-order valence-corrected chi connectivity index (χ3v) is 5.07. The molecule has 0 fully saturated rings. The molecule has 1 aromatic carbocycles. The second kappa shape index (κ2) is 10.5. The highest BCUT2D eigenvalue weighted by molar-refractivity contribution is 5.87. The maximum Gasteiger partial charge on any atom is 0.308 e. The molecule has 3 aromatic rings. The Labute approximate surface area is 177 Å². The van der Waals surface area contributed by atoms with Gasteiger partial charge < -0.3 is 4.74 Å². The molecular weight excluding hydrogens is 376 g/mol. The molecule has 5 heteroatoms. The van der Waals surface area contributed by atoms with Crippen LogP contribution in [0.2, 0.25) is 0 Å². The Morgan fingerprint density at radius 1 is 1.07 bits per heavy atom. The lowest BCUT2D eigenvalue weighted by atomic mass is 10.0. The maximum absolute atomic E-state index is 13.5. The zero-order valence-electron chi connectivity index (χ0n) is 17.5. The molecule has 0 saturated carbocycles. The summed E-state index contributed by atoms with van der Waals surface area (Å²) in [6.07, 6.45) is 10.5. The van der Waals surface area contributed by atoms with Gasteiger partial charge in [-0.2, -0.15) is 0 Å². The van der Waals surface area contributed by atoms with Crippen molar-refractivity contribution in [1.82, 2.24) is 9.55 Å². The minimum absolute atomic E-state index is 0.185. The molecule has 5 nitrogen and oxygen atoms in total. The summed E-state index contributed by atoms with van der Waals surface area (Å²) in [6, 6.07) is 13.1. The molecule has 3 rings (SSSR count). The first-order valence-electron chi connectivity index (χ1n) is 10.5. The van der Waals surface area contributed by atoms with Crippen molar-refractivity contribution in [2.24, 2.45) is 0 Å². The summed E-state index contributed by atoms with van der Waals surface area (Å²) >= 11 is 0. The molecule has 0 unspecified atom stereocenters. The Kier molecular flexibility index (Phi) is 7.55. The molecule has 2 aromatic heterocycles. The van der Waals surface area contributed by atoms with Gasteiger partial charge >= 0.3 is 5.97 Å². The number of para-hydroxylation sites is 1. The number of nitrogens with zero attached hydrogens (tertiary/aromatic N) is 2. The number of fused-ring (bicyclic) bond motifs is 1. The molecule has 0 N–H and O–H groups in total. The Hall–Kier alpha value is -3.21. The van der Waals surface area contributed by atoms with Gasteiger partial charge in [-0.1, -0.05) is 43.5 Å². The van der Waals surface area contributed by atoms with Crippen molar-refractivity contribution in [3.63, 3.8) is 0 Å². The van der Waals surface area contributed by atoms with Gasteiger partial charge in [-0.25, -0.2) is 4.98 Å². The van der Waals surface area contributed by atoms with Crippen molar-refractivity contribution in [3.05, 3.63) is 77.2 Å². The van der Waals surface area contributed by atoms with Gasteiger partial charge in [-0.05, 0) is 49.9 Å². The largest absolute Gasteiger partial charge is 0.425 e. The highest BCUT2D eigenvalue weighted by atomic mass is 16.5. The SMILES string of the molecule is C=CCCCCCCCc1c(OC(C)=O)c2cccnc2n(-c2ccccc2)c1=O. The maximum atomic E-state index is 13.5. The van der Waals surface area contributed by atoms with Crippen molar-refractivity contribution >= 4 is 17.0 Å². The van der Waals surface area contributed by atoms with Gasteiger partial charge in [0.05, 0.1) is 16.6 Å². The highest BCUT2D eigenvalue weighted by Crippen LogP contribution is 2.29. The van der Waals surface area contributed by atoms with Crippen LogP contribution in [0.15, 0.2) is 66.1 Å². The predicted octanol–water partition coefficient (Wildman–Crippen LogP) is 5.38. The predicted molar refractivity (Wildman–Crippen MR) is 120 cm³/mol. The lowest BCUT2D eigenvalue weighted by Gasteiger charge is -2.16. The van der Waals surface area contributed by atoms with Gasteiger partial charge in [0.25, 0.3) is 5.56 Å². The van der Waals surface area contributed by atoms with E-state index < -0.39 is 5.97 Å². The summed E-state index contributed by atoms with van der Waals surface area (Å²) in [4.78, 5) is 29.7.